The number of Topliss-reactive ketones (excluding diaryl/α,β-unsaturated/α-hetero) is 1. The van der Waals surface area contributed by atoms with Gasteiger partial charge in [0.2, 0.25) is 0 Å². The van der Waals surface area contributed by atoms with Crippen LogP contribution in [0, 0.1) is 6.92 Å². The number of H-pyrrole nitrogens is 1. The van der Waals surface area contributed by atoms with E-state index in [4.69, 9.17) is 0 Å². The zero-order chi connectivity index (χ0) is 15.6. The van der Waals surface area contributed by atoms with Crippen LogP contribution in [0.5, 0.6) is 0 Å². The summed E-state index contributed by atoms with van der Waals surface area (Å²) in [5.74, 6) is -0.281. The SMILES string of the molecule is CCc1c(C(=O)NCC2(O)CCCC2)[nH]c(C)c1C(C)=O. The van der Waals surface area contributed by atoms with Gasteiger partial charge in [-0.1, -0.05) is 19.8 Å². The molecule has 0 spiro atoms. The predicted octanol–water partition coefficient (Wildman–Crippen LogP) is 2.12. The van der Waals surface area contributed by atoms with E-state index in [9.17, 15) is 14.7 Å². The minimum Gasteiger partial charge on any atom is -0.388 e. The summed E-state index contributed by atoms with van der Waals surface area (Å²) in [5.41, 5.74) is 1.77. The number of nitrogens with one attached hydrogen (secondary N) is 2. The van der Waals surface area contributed by atoms with Crippen molar-refractivity contribution in [2.24, 2.45) is 0 Å². The molecule has 0 bridgehead atoms. The summed E-state index contributed by atoms with van der Waals surface area (Å²) >= 11 is 0. The molecule has 0 saturated heterocycles. The topological polar surface area (TPSA) is 82.2 Å². The van der Waals surface area contributed by atoms with Gasteiger partial charge in [0, 0.05) is 17.8 Å². The van der Waals surface area contributed by atoms with Crippen molar-refractivity contribution in [3.05, 3.63) is 22.5 Å². The van der Waals surface area contributed by atoms with Gasteiger partial charge in [0.05, 0.1) is 5.60 Å². The second-order valence-electron chi connectivity index (χ2n) is 6.00. The Kier molecular flexibility index (Phi) is 4.52. The van der Waals surface area contributed by atoms with Crippen LogP contribution < -0.4 is 5.32 Å². The van der Waals surface area contributed by atoms with Crippen LogP contribution in [0.2, 0.25) is 0 Å². The van der Waals surface area contributed by atoms with Crippen molar-refractivity contribution in [3.8, 4) is 0 Å². The van der Waals surface area contributed by atoms with Crippen LogP contribution in [0.4, 0.5) is 0 Å². The highest BCUT2D eigenvalue weighted by Gasteiger charge is 2.32. The lowest BCUT2D eigenvalue weighted by atomic mass is 10.0. The van der Waals surface area contributed by atoms with E-state index in [0.29, 0.717) is 17.7 Å². The second kappa shape index (κ2) is 6.02. The third-order valence-electron chi connectivity index (χ3n) is 4.34. The molecule has 116 valence electrons. The van der Waals surface area contributed by atoms with Crippen LogP contribution in [-0.2, 0) is 6.42 Å². The molecule has 5 heteroatoms. The van der Waals surface area contributed by atoms with Crippen molar-refractivity contribution >= 4 is 11.7 Å². The highest BCUT2D eigenvalue weighted by atomic mass is 16.3. The first-order valence-corrected chi connectivity index (χ1v) is 7.61. The van der Waals surface area contributed by atoms with E-state index in [0.717, 1.165) is 36.9 Å². The molecule has 5 nitrogen and oxygen atoms in total. The first kappa shape index (κ1) is 15.8. The van der Waals surface area contributed by atoms with Crippen LogP contribution in [0.1, 0.15) is 71.6 Å². The van der Waals surface area contributed by atoms with E-state index in [-0.39, 0.29) is 18.2 Å². The van der Waals surface area contributed by atoms with Gasteiger partial charge in [-0.3, -0.25) is 9.59 Å². The van der Waals surface area contributed by atoms with Crippen molar-refractivity contribution in [3.63, 3.8) is 0 Å². The number of ketones is 1. The third kappa shape index (κ3) is 3.18. The fraction of sp³-hybridized carbons (Fsp3) is 0.625. The zero-order valence-corrected chi connectivity index (χ0v) is 13.0. The molecule has 2 rings (SSSR count). The number of aliphatic hydroxyl groups is 1. The number of aryl methyl sites for hydroxylation is 1. The molecule has 0 radical (unpaired) electrons. The Morgan fingerprint density at radius 1 is 1.33 bits per heavy atom. The van der Waals surface area contributed by atoms with Gasteiger partial charge in [0.25, 0.3) is 5.91 Å². The van der Waals surface area contributed by atoms with E-state index in [2.05, 4.69) is 10.3 Å². The van der Waals surface area contributed by atoms with Crippen molar-refractivity contribution in [2.45, 2.75) is 58.5 Å². The number of aromatic amines is 1. The summed E-state index contributed by atoms with van der Waals surface area (Å²) in [5, 5.41) is 13.1. The fourth-order valence-corrected chi connectivity index (χ4v) is 3.24. The second-order valence-corrected chi connectivity index (χ2v) is 6.00. The molecule has 1 aromatic rings. The number of hydrogen-bond donors (Lipinski definition) is 3. The minimum atomic E-state index is -0.771. The Morgan fingerprint density at radius 2 is 1.95 bits per heavy atom. The summed E-state index contributed by atoms with van der Waals surface area (Å²) in [6.07, 6.45) is 4.09. The zero-order valence-electron chi connectivity index (χ0n) is 13.0. The van der Waals surface area contributed by atoms with Gasteiger partial charge in [-0.25, -0.2) is 0 Å². The van der Waals surface area contributed by atoms with E-state index in [1.807, 2.05) is 6.92 Å². The van der Waals surface area contributed by atoms with Crippen LogP contribution in [0.3, 0.4) is 0 Å². The molecule has 1 aromatic heterocycles. The average molecular weight is 292 g/mol. The molecular formula is C16H24N2O3. The van der Waals surface area contributed by atoms with Crippen molar-refractivity contribution in [1.82, 2.24) is 10.3 Å². The molecule has 1 aliphatic rings. The molecule has 3 N–H and O–H groups in total. The van der Waals surface area contributed by atoms with Gasteiger partial charge in [0.15, 0.2) is 5.78 Å². The maximum Gasteiger partial charge on any atom is 0.268 e. The molecule has 0 aliphatic heterocycles. The summed E-state index contributed by atoms with van der Waals surface area (Å²) in [7, 11) is 0. The Bertz CT molecular complexity index is 554. The lowest BCUT2D eigenvalue weighted by Crippen LogP contribution is -2.41. The quantitative estimate of drug-likeness (QED) is 0.727. The van der Waals surface area contributed by atoms with Crippen LogP contribution in [0.25, 0.3) is 0 Å². The van der Waals surface area contributed by atoms with Gasteiger partial charge in [-0.15, -0.1) is 0 Å². The molecule has 1 amide bonds. The van der Waals surface area contributed by atoms with E-state index in [1.54, 1.807) is 6.92 Å². The number of carbonyl (C=O) groups is 2. The molecular weight excluding hydrogens is 268 g/mol. The van der Waals surface area contributed by atoms with E-state index < -0.39 is 5.60 Å². The Balaban J connectivity index is 2.16. The molecule has 0 aromatic carbocycles. The number of carbonyl (C=O) groups excluding carboxylic acids is 2. The summed E-state index contributed by atoms with van der Waals surface area (Å²) in [4.78, 5) is 27.1. The minimum absolute atomic E-state index is 0.0333. The Hall–Kier alpha value is -1.62. The summed E-state index contributed by atoms with van der Waals surface area (Å²) < 4.78 is 0. The van der Waals surface area contributed by atoms with Gasteiger partial charge < -0.3 is 15.4 Å². The molecule has 1 heterocycles. The first-order chi connectivity index (χ1) is 9.88. The van der Waals surface area contributed by atoms with Gasteiger partial charge >= 0.3 is 0 Å². The first-order valence-electron chi connectivity index (χ1n) is 7.61. The lowest BCUT2D eigenvalue weighted by molar-refractivity contribution is 0.0448. The van der Waals surface area contributed by atoms with Gasteiger partial charge in [-0.2, -0.15) is 0 Å². The number of aromatic nitrogens is 1. The number of amides is 1. The van der Waals surface area contributed by atoms with Crippen LogP contribution in [-0.4, -0.2) is 33.9 Å². The molecule has 1 aliphatic carbocycles. The van der Waals surface area contributed by atoms with Crippen molar-refractivity contribution in [1.29, 1.82) is 0 Å². The molecule has 0 unspecified atom stereocenters. The van der Waals surface area contributed by atoms with Crippen molar-refractivity contribution in [2.75, 3.05) is 6.54 Å². The smallest absolute Gasteiger partial charge is 0.268 e. The van der Waals surface area contributed by atoms with E-state index in [1.165, 1.54) is 6.92 Å². The predicted molar refractivity (Wildman–Crippen MR) is 80.7 cm³/mol. The third-order valence-corrected chi connectivity index (χ3v) is 4.34. The highest BCUT2D eigenvalue weighted by molar-refractivity contribution is 6.02. The van der Waals surface area contributed by atoms with Crippen molar-refractivity contribution < 1.29 is 14.7 Å². The largest absolute Gasteiger partial charge is 0.388 e. The summed E-state index contributed by atoms with van der Waals surface area (Å²) in [6.45, 7) is 5.51. The molecule has 1 saturated carbocycles. The summed E-state index contributed by atoms with van der Waals surface area (Å²) in [6, 6.07) is 0. The lowest BCUT2D eigenvalue weighted by Gasteiger charge is -2.22. The highest BCUT2D eigenvalue weighted by Crippen LogP contribution is 2.28. The van der Waals surface area contributed by atoms with Gasteiger partial charge in [0.1, 0.15) is 5.69 Å². The maximum absolute atomic E-state index is 12.3. The number of hydrogen-bond acceptors (Lipinski definition) is 3. The number of rotatable bonds is 5. The Labute approximate surface area is 125 Å². The molecule has 1 fully saturated rings. The fourth-order valence-electron chi connectivity index (χ4n) is 3.24. The molecule has 21 heavy (non-hydrogen) atoms. The van der Waals surface area contributed by atoms with Gasteiger partial charge in [-0.05, 0) is 38.7 Å². The van der Waals surface area contributed by atoms with Crippen LogP contribution >= 0.6 is 0 Å². The van der Waals surface area contributed by atoms with E-state index >= 15 is 0 Å². The monoisotopic (exact) mass is 292 g/mol. The normalized spacial score (nSPS) is 17.0. The van der Waals surface area contributed by atoms with Crippen LogP contribution in [0.15, 0.2) is 0 Å². The average Bonchev–Trinajstić information content (AvgIpc) is 3.00. The Morgan fingerprint density at radius 3 is 2.48 bits per heavy atom. The maximum atomic E-state index is 12.3. The molecule has 0 atom stereocenters. The standard InChI is InChI=1S/C16H24N2O3/c1-4-12-13(11(3)19)10(2)18-14(12)15(20)17-9-16(21)7-5-6-8-16/h18,21H,4-9H2,1-3H3,(H,17,20).